The fourth-order valence-corrected chi connectivity index (χ4v) is 2.89. The molecular formula is C11H20N2O2. The molecule has 2 unspecified atom stereocenters. The molecule has 1 N–H and O–H groups in total. The smallest absolute Gasteiger partial charge is 0.308 e. The lowest BCUT2D eigenvalue weighted by atomic mass is 9.89. The zero-order chi connectivity index (χ0) is 10.8. The second-order valence-electron chi connectivity index (χ2n) is 4.81. The Morgan fingerprint density at radius 1 is 1.27 bits per heavy atom. The van der Waals surface area contributed by atoms with Crippen LogP contribution in [-0.4, -0.2) is 60.1 Å². The number of carbonyl (C=O) groups is 1. The third kappa shape index (κ3) is 2.32. The predicted octanol–water partition coefficient (Wildman–Crippen LogP) is 0.487. The summed E-state index contributed by atoms with van der Waals surface area (Å²) in [6.07, 6.45) is 3.06. The van der Waals surface area contributed by atoms with Gasteiger partial charge in [0.05, 0.1) is 5.92 Å². The average molecular weight is 212 g/mol. The Hall–Kier alpha value is -0.610. The number of likely N-dealkylation sites (N-methyl/N-ethyl adjacent to an activating group) is 1. The van der Waals surface area contributed by atoms with Gasteiger partial charge in [-0.15, -0.1) is 0 Å². The van der Waals surface area contributed by atoms with Crippen LogP contribution in [0.25, 0.3) is 0 Å². The molecule has 2 atom stereocenters. The van der Waals surface area contributed by atoms with Gasteiger partial charge in [-0.25, -0.2) is 0 Å². The Labute approximate surface area is 90.9 Å². The van der Waals surface area contributed by atoms with E-state index in [0.29, 0.717) is 0 Å². The molecule has 2 aliphatic heterocycles. The minimum absolute atomic E-state index is 0.153. The van der Waals surface area contributed by atoms with Gasteiger partial charge in [-0.1, -0.05) is 0 Å². The lowest BCUT2D eigenvalue weighted by molar-refractivity contribution is -0.146. The zero-order valence-electron chi connectivity index (χ0n) is 9.35. The van der Waals surface area contributed by atoms with Crippen LogP contribution < -0.4 is 0 Å². The molecule has 0 aromatic carbocycles. The third-order valence-electron chi connectivity index (χ3n) is 3.70. The van der Waals surface area contributed by atoms with Crippen LogP contribution in [-0.2, 0) is 4.79 Å². The minimum Gasteiger partial charge on any atom is -0.481 e. The van der Waals surface area contributed by atoms with Gasteiger partial charge in [-0.3, -0.25) is 9.69 Å². The van der Waals surface area contributed by atoms with E-state index in [-0.39, 0.29) is 12.0 Å². The molecule has 0 spiro atoms. The van der Waals surface area contributed by atoms with Crippen LogP contribution in [0.4, 0.5) is 0 Å². The number of aliphatic carboxylic acids is 1. The summed E-state index contributed by atoms with van der Waals surface area (Å²) in [5.74, 6) is -0.765. The van der Waals surface area contributed by atoms with Crippen molar-refractivity contribution in [3.8, 4) is 0 Å². The van der Waals surface area contributed by atoms with Crippen molar-refractivity contribution in [1.82, 2.24) is 9.80 Å². The number of nitrogens with zero attached hydrogens (tertiary/aromatic N) is 2. The van der Waals surface area contributed by atoms with Crippen LogP contribution in [0.15, 0.2) is 0 Å². The SMILES string of the molecule is CN1CCCN2CCCC(C(=O)O)C2C1. The first kappa shape index (κ1) is 10.9. The van der Waals surface area contributed by atoms with Crippen molar-refractivity contribution in [2.45, 2.75) is 25.3 Å². The summed E-state index contributed by atoms with van der Waals surface area (Å²) in [7, 11) is 2.09. The molecule has 15 heavy (non-hydrogen) atoms. The van der Waals surface area contributed by atoms with E-state index in [1.807, 2.05) is 0 Å². The average Bonchev–Trinajstić information content (AvgIpc) is 2.37. The highest BCUT2D eigenvalue weighted by atomic mass is 16.4. The molecule has 2 heterocycles. The molecular weight excluding hydrogens is 192 g/mol. The van der Waals surface area contributed by atoms with Gasteiger partial charge in [0.15, 0.2) is 0 Å². The largest absolute Gasteiger partial charge is 0.481 e. The van der Waals surface area contributed by atoms with Gasteiger partial charge in [0.25, 0.3) is 0 Å². The lowest BCUT2D eigenvalue weighted by Crippen LogP contribution is -2.51. The molecule has 2 aliphatic rings. The van der Waals surface area contributed by atoms with E-state index >= 15 is 0 Å². The minimum atomic E-state index is -0.611. The van der Waals surface area contributed by atoms with Crippen molar-refractivity contribution < 1.29 is 9.90 Å². The summed E-state index contributed by atoms with van der Waals surface area (Å²) < 4.78 is 0. The normalized spacial score (nSPS) is 34.5. The second kappa shape index (κ2) is 4.49. The number of hydrogen-bond donors (Lipinski definition) is 1. The monoisotopic (exact) mass is 212 g/mol. The highest BCUT2D eigenvalue weighted by molar-refractivity contribution is 5.71. The number of hydrogen-bond acceptors (Lipinski definition) is 3. The van der Waals surface area contributed by atoms with Crippen molar-refractivity contribution in [1.29, 1.82) is 0 Å². The van der Waals surface area contributed by atoms with E-state index < -0.39 is 5.97 Å². The van der Waals surface area contributed by atoms with Crippen LogP contribution in [0.3, 0.4) is 0 Å². The Balaban J connectivity index is 2.11. The number of carboxylic acid groups (broad SMARTS) is 1. The Bertz CT molecular complexity index is 245. The quantitative estimate of drug-likeness (QED) is 0.687. The first-order valence-corrected chi connectivity index (χ1v) is 5.84. The summed E-state index contributed by atoms with van der Waals surface area (Å²) in [6.45, 7) is 4.16. The summed E-state index contributed by atoms with van der Waals surface area (Å²) in [5, 5.41) is 9.21. The van der Waals surface area contributed by atoms with Crippen molar-refractivity contribution in [2.24, 2.45) is 5.92 Å². The third-order valence-corrected chi connectivity index (χ3v) is 3.70. The van der Waals surface area contributed by atoms with Gasteiger partial charge in [-0.05, 0) is 45.9 Å². The molecule has 0 amide bonds. The maximum Gasteiger partial charge on any atom is 0.308 e. The Kier molecular flexibility index (Phi) is 3.26. The van der Waals surface area contributed by atoms with E-state index in [9.17, 15) is 9.90 Å². The van der Waals surface area contributed by atoms with Crippen LogP contribution >= 0.6 is 0 Å². The van der Waals surface area contributed by atoms with E-state index in [1.165, 1.54) is 6.42 Å². The number of piperidine rings is 1. The zero-order valence-corrected chi connectivity index (χ0v) is 9.35. The molecule has 0 aliphatic carbocycles. The van der Waals surface area contributed by atoms with Gasteiger partial charge in [-0.2, -0.15) is 0 Å². The van der Waals surface area contributed by atoms with Gasteiger partial charge in [0.1, 0.15) is 0 Å². The molecule has 0 aromatic rings. The van der Waals surface area contributed by atoms with E-state index in [4.69, 9.17) is 0 Å². The van der Waals surface area contributed by atoms with Crippen molar-refractivity contribution in [2.75, 3.05) is 33.2 Å². The van der Waals surface area contributed by atoms with Gasteiger partial charge >= 0.3 is 5.97 Å². The first-order chi connectivity index (χ1) is 7.18. The highest BCUT2D eigenvalue weighted by Gasteiger charge is 2.37. The molecule has 2 fully saturated rings. The maximum absolute atomic E-state index is 11.2. The topological polar surface area (TPSA) is 43.8 Å². The molecule has 4 heteroatoms. The van der Waals surface area contributed by atoms with Crippen LogP contribution in [0.1, 0.15) is 19.3 Å². The summed E-state index contributed by atoms with van der Waals surface area (Å²) in [6, 6.07) is 0.240. The summed E-state index contributed by atoms with van der Waals surface area (Å²) in [4.78, 5) is 15.8. The number of rotatable bonds is 1. The maximum atomic E-state index is 11.2. The predicted molar refractivity (Wildman–Crippen MR) is 57.8 cm³/mol. The van der Waals surface area contributed by atoms with E-state index in [1.54, 1.807) is 0 Å². The molecule has 2 rings (SSSR count). The Morgan fingerprint density at radius 3 is 2.73 bits per heavy atom. The summed E-state index contributed by atoms with van der Waals surface area (Å²) in [5.41, 5.74) is 0. The molecule has 86 valence electrons. The standard InChI is InChI=1S/C11H20N2O2/c1-12-5-3-7-13-6-2-4-9(11(14)15)10(13)8-12/h9-10H,2-8H2,1H3,(H,14,15). The first-order valence-electron chi connectivity index (χ1n) is 5.84. The van der Waals surface area contributed by atoms with Crippen molar-refractivity contribution in [3.63, 3.8) is 0 Å². The van der Waals surface area contributed by atoms with Gasteiger partial charge < -0.3 is 10.0 Å². The van der Waals surface area contributed by atoms with Crippen molar-refractivity contribution in [3.05, 3.63) is 0 Å². The molecule has 2 saturated heterocycles. The van der Waals surface area contributed by atoms with Gasteiger partial charge in [0, 0.05) is 12.6 Å². The van der Waals surface area contributed by atoms with E-state index in [0.717, 1.165) is 39.0 Å². The molecule has 0 saturated carbocycles. The highest BCUT2D eigenvalue weighted by Crippen LogP contribution is 2.26. The van der Waals surface area contributed by atoms with Crippen LogP contribution in [0, 0.1) is 5.92 Å². The fraction of sp³-hybridized carbons (Fsp3) is 0.909. The van der Waals surface area contributed by atoms with E-state index in [2.05, 4.69) is 16.8 Å². The van der Waals surface area contributed by atoms with Crippen LogP contribution in [0.2, 0.25) is 0 Å². The molecule has 0 aromatic heterocycles. The number of fused-ring (bicyclic) bond motifs is 1. The molecule has 4 nitrogen and oxygen atoms in total. The Morgan fingerprint density at radius 2 is 2.00 bits per heavy atom. The fourth-order valence-electron chi connectivity index (χ4n) is 2.89. The lowest BCUT2D eigenvalue weighted by Gasteiger charge is -2.39. The molecule has 0 radical (unpaired) electrons. The molecule has 0 bridgehead atoms. The second-order valence-corrected chi connectivity index (χ2v) is 4.81. The number of carboxylic acids is 1. The van der Waals surface area contributed by atoms with Gasteiger partial charge in [0.2, 0.25) is 0 Å². The van der Waals surface area contributed by atoms with Crippen molar-refractivity contribution >= 4 is 5.97 Å². The summed E-state index contributed by atoms with van der Waals surface area (Å²) >= 11 is 0. The van der Waals surface area contributed by atoms with Crippen LogP contribution in [0.5, 0.6) is 0 Å².